The first-order valence-electron chi connectivity index (χ1n) is 4.24. The Morgan fingerprint density at radius 1 is 1.45 bits per heavy atom. The number of nitrogens with one attached hydrogen (secondary N) is 1. The smallest absolute Gasteiger partial charge is 0.0657 e. The van der Waals surface area contributed by atoms with E-state index in [0.29, 0.717) is 4.95 Å². The Kier molecular flexibility index (Phi) is 3.82. The molecule has 1 unspecified atom stereocenters. The third-order valence-electron chi connectivity index (χ3n) is 2.45. The molecule has 66 valence electrons. The number of likely N-dealkylation sites (tertiary alicyclic amines) is 1. The summed E-state index contributed by atoms with van der Waals surface area (Å²) in [7, 11) is 4.20. The number of hydrogen-bond donors (Lipinski definition) is 1. The van der Waals surface area contributed by atoms with Crippen LogP contribution in [0, 0.1) is 5.92 Å². The van der Waals surface area contributed by atoms with Gasteiger partial charge in [0.15, 0.2) is 0 Å². The lowest BCUT2D eigenvalue weighted by molar-refractivity contribution is 0.212. The monoisotopic (exact) mass is 220 g/mol. The summed E-state index contributed by atoms with van der Waals surface area (Å²) in [5.74, 6) is 0.816. The lowest BCUT2D eigenvalue weighted by Crippen LogP contribution is -2.37. The molecule has 0 amide bonds. The molecular weight excluding hydrogens is 204 g/mol. The van der Waals surface area contributed by atoms with Gasteiger partial charge in [-0.2, -0.15) is 0 Å². The highest BCUT2D eigenvalue weighted by Crippen LogP contribution is 2.22. The number of piperidine rings is 1. The summed E-state index contributed by atoms with van der Waals surface area (Å²) >= 11 is 3.63. The number of halogens is 1. The fourth-order valence-electron chi connectivity index (χ4n) is 1.56. The fourth-order valence-corrected chi connectivity index (χ4v) is 2.09. The average molecular weight is 221 g/mol. The molecule has 0 aromatic carbocycles. The van der Waals surface area contributed by atoms with E-state index in [1.807, 2.05) is 7.05 Å². The molecule has 0 saturated carbocycles. The Morgan fingerprint density at radius 3 is 2.45 bits per heavy atom. The van der Waals surface area contributed by atoms with E-state index in [4.69, 9.17) is 0 Å². The van der Waals surface area contributed by atoms with Gasteiger partial charge in [-0.15, -0.1) is 0 Å². The van der Waals surface area contributed by atoms with Crippen molar-refractivity contribution in [3.05, 3.63) is 0 Å². The molecule has 1 fully saturated rings. The van der Waals surface area contributed by atoms with Crippen LogP contribution in [-0.4, -0.2) is 37.0 Å². The summed E-state index contributed by atoms with van der Waals surface area (Å²) in [6.45, 7) is 2.49. The first kappa shape index (κ1) is 9.49. The minimum atomic E-state index is 0.510. The summed E-state index contributed by atoms with van der Waals surface area (Å²) in [5, 5.41) is 3.25. The Bertz CT molecular complexity index is 111. The molecule has 1 aliphatic heterocycles. The van der Waals surface area contributed by atoms with Gasteiger partial charge in [0.1, 0.15) is 0 Å². The van der Waals surface area contributed by atoms with Crippen molar-refractivity contribution in [2.45, 2.75) is 17.8 Å². The molecule has 1 N–H and O–H groups in total. The van der Waals surface area contributed by atoms with Crippen LogP contribution in [0.5, 0.6) is 0 Å². The second-order valence-corrected chi connectivity index (χ2v) is 4.32. The van der Waals surface area contributed by atoms with E-state index < -0.39 is 0 Å². The van der Waals surface area contributed by atoms with Gasteiger partial charge in [-0.3, -0.25) is 0 Å². The lowest BCUT2D eigenvalue weighted by atomic mass is 9.97. The molecule has 1 aliphatic rings. The largest absolute Gasteiger partial charge is 0.308 e. The normalized spacial score (nSPS) is 25.4. The van der Waals surface area contributed by atoms with E-state index in [2.05, 4.69) is 33.2 Å². The summed E-state index contributed by atoms with van der Waals surface area (Å²) in [6, 6.07) is 0. The van der Waals surface area contributed by atoms with Gasteiger partial charge in [0.05, 0.1) is 4.95 Å². The van der Waals surface area contributed by atoms with Crippen molar-refractivity contribution in [2.24, 2.45) is 5.92 Å². The number of hydrogen-bond acceptors (Lipinski definition) is 2. The van der Waals surface area contributed by atoms with Crippen molar-refractivity contribution in [2.75, 3.05) is 27.2 Å². The molecular formula is C8H17BrN2. The van der Waals surface area contributed by atoms with Crippen molar-refractivity contribution in [3.63, 3.8) is 0 Å². The summed E-state index contributed by atoms with van der Waals surface area (Å²) in [4.78, 5) is 2.91. The molecule has 11 heavy (non-hydrogen) atoms. The van der Waals surface area contributed by atoms with Crippen LogP contribution in [0.4, 0.5) is 0 Å². The van der Waals surface area contributed by atoms with Crippen molar-refractivity contribution >= 4 is 15.9 Å². The molecule has 2 nitrogen and oxygen atoms in total. The standard InChI is InChI=1S/C8H17BrN2/c1-10-8(9)7-3-5-11(2)6-4-7/h7-8,10H,3-6H2,1-2H3. The van der Waals surface area contributed by atoms with E-state index in [1.165, 1.54) is 25.9 Å². The first-order chi connectivity index (χ1) is 5.24. The van der Waals surface area contributed by atoms with Gasteiger partial charge in [0, 0.05) is 0 Å². The summed E-state index contributed by atoms with van der Waals surface area (Å²) < 4.78 is 0. The van der Waals surface area contributed by atoms with E-state index in [0.717, 1.165) is 5.92 Å². The second-order valence-electron chi connectivity index (χ2n) is 3.33. The van der Waals surface area contributed by atoms with Gasteiger partial charge in [-0.1, -0.05) is 15.9 Å². The maximum Gasteiger partial charge on any atom is 0.0657 e. The highest BCUT2D eigenvalue weighted by Gasteiger charge is 2.21. The van der Waals surface area contributed by atoms with E-state index >= 15 is 0 Å². The van der Waals surface area contributed by atoms with Gasteiger partial charge >= 0.3 is 0 Å². The molecule has 0 bridgehead atoms. The van der Waals surface area contributed by atoms with Gasteiger partial charge < -0.3 is 10.2 Å². The van der Waals surface area contributed by atoms with Crippen LogP contribution in [0.25, 0.3) is 0 Å². The van der Waals surface area contributed by atoms with Gasteiger partial charge in [0.25, 0.3) is 0 Å². The predicted molar refractivity (Wildman–Crippen MR) is 52.0 cm³/mol. The molecule has 0 spiro atoms. The molecule has 1 saturated heterocycles. The SMILES string of the molecule is CNC(Br)C1CCN(C)CC1. The lowest BCUT2D eigenvalue weighted by Gasteiger charge is -2.31. The Balaban J connectivity index is 2.27. The van der Waals surface area contributed by atoms with Crippen molar-refractivity contribution in [1.29, 1.82) is 0 Å². The molecule has 1 rings (SSSR count). The van der Waals surface area contributed by atoms with Gasteiger partial charge in [-0.05, 0) is 45.9 Å². The quantitative estimate of drug-likeness (QED) is 0.558. The summed E-state index contributed by atoms with van der Waals surface area (Å²) in [6.07, 6.45) is 2.63. The zero-order valence-electron chi connectivity index (χ0n) is 7.31. The molecule has 1 heterocycles. The fraction of sp³-hybridized carbons (Fsp3) is 1.00. The van der Waals surface area contributed by atoms with Crippen molar-refractivity contribution < 1.29 is 0 Å². The van der Waals surface area contributed by atoms with Crippen molar-refractivity contribution in [1.82, 2.24) is 10.2 Å². The number of rotatable bonds is 2. The molecule has 0 aromatic heterocycles. The molecule has 3 heteroatoms. The van der Waals surface area contributed by atoms with Crippen LogP contribution < -0.4 is 5.32 Å². The highest BCUT2D eigenvalue weighted by molar-refractivity contribution is 9.09. The van der Waals surface area contributed by atoms with Crippen molar-refractivity contribution in [3.8, 4) is 0 Å². The molecule has 0 aromatic rings. The van der Waals surface area contributed by atoms with Gasteiger partial charge in [-0.25, -0.2) is 0 Å². The maximum absolute atomic E-state index is 3.63. The van der Waals surface area contributed by atoms with Crippen LogP contribution in [0.15, 0.2) is 0 Å². The van der Waals surface area contributed by atoms with Crippen LogP contribution in [0.3, 0.4) is 0 Å². The third kappa shape index (κ3) is 2.73. The predicted octanol–water partition coefficient (Wildman–Crippen LogP) is 1.27. The number of nitrogens with zero attached hydrogens (tertiary/aromatic N) is 1. The molecule has 1 atom stereocenters. The minimum Gasteiger partial charge on any atom is -0.308 e. The van der Waals surface area contributed by atoms with Crippen LogP contribution in [0.1, 0.15) is 12.8 Å². The maximum atomic E-state index is 3.63. The van der Waals surface area contributed by atoms with E-state index in [-0.39, 0.29) is 0 Å². The minimum absolute atomic E-state index is 0.510. The zero-order chi connectivity index (χ0) is 8.27. The van der Waals surface area contributed by atoms with Crippen LogP contribution in [-0.2, 0) is 0 Å². The Hall–Kier alpha value is 0.400. The average Bonchev–Trinajstić information content (AvgIpc) is 2.05. The summed E-state index contributed by atoms with van der Waals surface area (Å²) in [5.41, 5.74) is 0. The second kappa shape index (κ2) is 4.43. The topological polar surface area (TPSA) is 15.3 Å². The number of alkyl halides is 1. The highest BCUT2D eigenvalue weighted by atomic mass is 79.9. The Morgan fingerprint density at radius 2 is 2.00 bits per heavy atom. The van der Waals surface area contributed by atoms with Gasteiger partial charge in [0.2, 0.25) is 0 Å². The Labute approximate surface area is 77.5 Å². The first-order valence-corrected chi connectivity index (χ1v) is 5.15. The van der Waals surface area contributed by atoms with Crippen LogP contribution >= 0.6 is 15.9 Å². The van der Waals surface area contributed by atoms with E-state index in [9.17, 15) is 0 Å². The zero-order valence-corrected chi connectivity index (χ0v) is 8.89. The molecule has 0 aliphatic carbocycles. The van der Waals surface area contributed by atoms with Crippen LogP contribution in [0.2, 0.25) is 0 Å². The third-order valence-corrected chi connectivity index (χ3v) is 3.66. The molecule has 0 radical (unpaired) electrons. The van der Waals surface area contributed by atoms with E-state index in [1.54, 1.807) is 0 Å².